The molecule has 1 aliphatic rings. The van der Waals surface area contributed by atoms with Crippen molar-refractivity contribution < 1.29 is 14.3 Å². The average Bonchev–Trinajstić information content (AvgIpc) is 2.48. The lowest BCUT2D eigenvalue weighted by Crippen LogP contribution is -2.48. The number of hydrogen-bond donors (Lipinski definition) is 2. The number of hydrogen-bond acceptors (Lipinski definition) is 3. The number of amides is 1. The Morgan fingerprint density at radius 3 is 3.00 bits per heavy atom. The molecule has 2 rings (SSSR count). The standard InChI is InChI=1S/C16H22ClFN2O2/c1-19-15(21)5-7-16(22)6-2-8-20(11-16)10-12-3-4-13(18)9-14(12)17/h3-4,9,22H,2,5-8,10-11H2,1H3,(H,19,21)/t16-/m0/s1. The Hall–Kier alpha value is -1.17. The Morgan fingerprint density at radius 2 is 2.32 bits per heavy atom. The number of nitrogens with zero attached hydrogens (tertiary/aromatic N) is 1. The zero-order chi connectivity index (χ0) is 16.2. The second kappa shape index (κ2) is 7.40. The molecule has 22 heavy (non-hydrogen) atoms. The molecule has 0 aliphatic carbocycles. The second-order valence-corrected chi connectivity index (χ2v) is 6.35. The fourth-order valence-corrected chi connectivity index (χ4v) is 3.13. The molecule has 1 fully saturated rings. The van der Waals surface area contributed by atoms with Gasteiger partial charge in [-0.1, -0.05) is 17.7 Å². The summed E-state index contributed by atoms with van der Waals surface area (Å²) in [4.78, 5) is 13.5. The highest BCUT2D eigenvalue weighted by atomic mass is 35.5. The van der Waals surface area contributed by atoms with Gasteiger partial charge in [-0.3, -0.25) is 9.69 Å². The summed E-state index contributed by atoms with van der Waals surface area (Å²) in [5.41, 5.74) is -0.00399. The van der Waals surface area contributed by atoms with Crippen LogP contribution in [0.3, 0.4) is 0 Å². The highest BCUT2D eigenvalue weighted by Crippen LogP contribution is 2.28. The van der Waals surface area contributed by atoms with Gasteiger partial charge in [-0.2, -0.15) is 0 Å². The predicted octanol–water partition coefficient (Wildman–Crippen LogP) is 2.33. The maximum Gasteiger partial charge on any atom is 0.219 e. The molecule has 1 aromatic rings. The largest absolute Gasteiger partial charge is 0.389 e. The highest BCUT2D eigenvalue weighted by molar-refractivity contribution is 6.31. The summed E-state index contributed by atoms with van der Waals surface area (Å²) in [5, 5.41) is 13.6. The van der Waals surface area contributed by atoms with Crippen LogP contribution in [0.5, 0.6) is 0 Å². The summed E-state index contributed by atoms with van der Waals surface area (Å²) in [7, 11) is 1.59. The van der Waals surface area contributed by atoms with Crippen molar-refractivity contribution in [1.29, 1.82) is 0 Å². The summed E-state index contributed by atoms with van der Waals surface area (Å²) >= 11 is 6.06. The van der Waals surface area contributed by atoms with Gasteiger partial charge in [0, 0.05) is 31.6 Å². The zero-order valence-corrected chi connectivity index (χ0v) is 13.5. The second-order valence-electron chi connectivity index (χ2n) is 5.95. The molecular weight excluding hydrogens is 307 g/mol. The van der Waals surface area contributed by atoms with Crippen molar-refractivity contribution in [2.24, 2.45) is 0 Å². The molecule has 2 N–H and O–H groups in total. The van der Waals surface area contributed by atoms with E-state index in [1.165, 1.54) is 12.1 Å². The van der Waals surface area contributed by atoms with Crippen LogP contribution in [0.4, 0.5) is 4.39 Å². The molecule has 0 unspecified atom stereocenters. The summed E-state index contributed by atoms with van der Waals surface area (Å²) < 4.78 is 13.1. The molecule has 6 heteroatoms. The molecule has 1 atom stereocenters. The number of aliphatic hydroxyl groups is 1. The van der Waals surface area contributed by atoms with Crippen LogP contribution in [-0.4, -0.2) is 41.7 Å². The number of benzene rings is 1. The average molecular weight is 329 g/mol. The molecule has 4 nitrogen and oxygen atoms in total. The van der Waals surface area contributed by atoms with Crippen LogP contribution in [0.15, 0.2) is 18.2 Å². The first kappa shape index (κ1) is 17.2. The van der Waals surface area contributed by atoms with Crippen molar-refractivity contribution in [2.75, 3.05) is 20.1 Å². The maximum atomic E-state index is 13.1. The minimum absolute atomic E-state index is 0.0628. The molecule has 0 spiro atoms. The van der Waals surface area contributed by atoms with Crippen molar-refractivity contribution in [3.63, 3.8) is 0 Å². The van der Waals surface area contributed by atoms with E-state index in [1.807, 2.05) is 0 Å². The van der Waals surface area contributed by atoms with Gasteiger partial charge >= 0.3 is 0 Å². The number of nitrogens with one attached hydrogen (secondary N) is 1. The maximum absolute atomic E-state index is 13.1. The zero-order valence-electron chi connectivity index (χ0n) is 12.7. The van der Waals surface area contributed by atoms with Crippen molar-refractivity contribution in [3.8, 4) is 0 Å². The van der Waals surface area contributed by atoms with Crippen LogP contribution in [-0.2, 0) is 11.3 Å². The number of carbonyl (C=O) groups excluding carboxylic acids is 1. The molecule has 0 bridgehead atoms. The van der Waals surface area contributed by atoms with E-state index in [2.05, 4.69) is 10.2 Å². The van der Waals surface area contributed by atoms with E-state index in [9.17, 15) is 14.3 Å². The number of β-amino-alcohol motifs (C(OH)–C–C–N with tert-alkyl or cyclic N) is 1. The number of piperidine rings is 1. The molecule has 1 amide bonds. The summed E-state index contributed by atoms with van der Waals surface area (Å²) in [6.45, 7) is 1.93. The topological polar surface area (TPSA) is 52.6 Å². The Kier molecular flexibility index (Phi) is 5.78. The van der Waals surface area contributed by atoms with Crippen LogP contribution < -0.4 is 5.32 Å². The lowest BCUT2D eigenvalue weighted by atomic mass is 9.88. The highest BCUT2D eigenvalue weighted by Gasteiger charge is 2.33. The van der Waals surface area contributed by atoms with Crippen LogP contribution in [0.2, 0.25) is 5.02 Å². The minimum Gasteiger partial charge on any atom is -0.389 e. The van der Waals surface area contributed by atoms with E-state index >= 15 is 0 Å². The van der Waals surface area contributed by atoms with Gasteiger partial charge in [-0.05, 0) is 43.5 Å². The Labute approximate surface area is 135 Å². The molecule has 0 saturated carbocycles. The van der Waals surface area contributed by atoms with E-state index in [0.717, 1.165) is 18.5 Å². The van der Waals surface area contributed by atoms with Crippen molar-refractivity contribution >= 4 is 17.5 Å². The third-order valence-electron chi connectivity index (χ3n) is 4.14. The Morgan fingerprint density at radius 1 is 1.55 bits per heavy atom. The van der Waals surface area contributed by atoms with Gasteiger partial charge in [0.1, 0.15) is 5.82 Å². The first-order chi connectivity index (χ1) is 10.4. The molecule has 1 saturated heterocycles. The normalized spacial score (nSPS) is 22.5. The van der Waals surface area contributed by atoms with Gasteiger partial charge in [0.15, 0.2) is 0 Å². The fourth-order valence-electron chi connectivity index (χ4n) is 2.91. The van der Waals surface area contributed by atoms with Crippen LogP contribution in [0.1, 0.15) is 31.2 Å². The molecule has 1 heterocycles. The first-order valence-electron chi connectivity index (χ1n) is 7.51. The smallest absolute Gasteiger partial charge is 0.219 e. The van der Waals surface area contributed by atoms with Gasteiger partial charge in [0.25, 0.3) is 0 Å². The van der Waals surface area contributed by atoms with Crippen molar-refractivity contribution in [3.05, 3.63) is 34.6 Å². The van der Waals surface area contributed by atoms with Crippen LogP contribution in [0.25, 0.3) is 0 Å². The summed E-state index contributed by atoms with van der Waals surface area (Å²) in [6.07, 6.45) is 2.32. The van der Waals surface area contributed by atoms with Gasteiger partial charge in [0.05, 0.1) is 5.60 Å². The van der Waals surface area contributed by atoms with E-state index in [0.29, 0.717) is 37.4 Å². The van der Waals surface area contributed by atoms with Gasteiger partial charge in [-0.15, -0.1) is 0 Å². The quantitative estimate of drug-likeness (QED) is 0.872. The molecule has 1 aromatic carbocycles. The first-order valence-corrected chi connectivity index (χ1v) is 7.89. The lowest BCUT2D eigenvalue weighted by Gasteiger charge is -2.39. The number of carbonyl (C=O) groups is 1. The van der Waals surface area contributed by atoms with Crippen molar-refractivity contribution in [1.82, 2.24) is 10.2 Å². The monoisotopic (exact) mass is 328 g/mol. The van der Waals surface area contributed by atoms with Crippen LogP contribution in [0, 0.1) is 5.82 Å². The summed E-state index contributed by atoms with van der Waals surface area (Å²) in [6, 6.07) is 4.37. The Bertz CT molecular complexity index is 541. The van der Waals surface area contributed by atoms with Crippen LogP contribution >= 0.6 is 11.6 Å². The van der Waals surface area contributed by atoms with E-state index < -0.39 is 5.60 Å². The molecule has 0 radical (unpaired) electrons. The van der Waals surface area contributed by atoms with Gasteiger partial charge in [-0.25, -0.2) is 4.39 Å². The SMILES string of the molecule is CNC(=O)CC[C@@]1(O)CCCN(Cc2ccc(F)cc2Cl)C1. The third-order valence-corrected chi connectivity index (χ3v) is 4.49. The number of rotatable bonds is 5. The lowest BCUT2D eigenvalue weighted by molar-refractivity contribution is -0.122. The van der Waals surface area contributed by atoms with Gasteiger partial charge in [0.2, 0.25) is 5.91 Å². The van der Waals surface area contributed by atoms with E-state index in [-0.39, 0.29) is 11.7 Å². The van der Waals surface area contributed by atoms with Gasteiger partial charge < -0.3 is 10.4 Å². The Balaban J connectivity index is 1.96. The van der Waals surface area contributed by atoms with E-state index in [1.54, 1.807) is 13.1 Å². The predicted molar refractivity (Wildman–Crippen MR) is 84.2 cm³/mol. The molecule has 122 valence electrons. The summed E-state index contributed by atoms with van der Waals surface area (Å²) in [5.74, 6) is -0.415. The molecule has 0 aromatic heterocycles. The molecule has 1 aliphatic heterocycles. The third kappa shape index (κ3) is 4.66. The molecular formula is C16H22ClFN2O2. The number of halogens is 2. The van der Waals surface area contributed by atoms with Crippen molar-refractivity contribution in [2.45, 2.75) is 37.8 Å². The number of likely N-dealkylation sites (tertiary alicyclic amines) is 1. The van der Waals surface area contributed by atoms with E-state index in [4.69, 9.17) is 11.6 Å². The fraction of sp³-hybridized carbons (Fsp3) is 0.562. The minimum atomic E-state index is -0.850.